The van der Waals surface area contributed by atoms with E-state index in [1.165, 1.54) is 12.1 Å². The van der Waals surface area contributed by atoms with Crippen LogP contribution in [0.2, 0.25) is 0 Å². The summed E-state index contributed by atoms with van der Waals surface area (Å²) in [5.74, 6) is -0.681. The van der Waals surface area contributed by atoms with E-state index < -0.39 is 17.8 Å². The summed E-state index contributed by atoms with van der Waals surface area (Å²) in [5.41, 5.74) is 3.59. The summed E-state index contributed by atoms with van der Waals surface area (Å²) >= 11 is 0. The molecule has 3 N–H and O–H groups in total. The van der Waals surface area contributed by atoms with E-state index in [0.717, 1.165) is 36.0 Å². The van der Waals surface area contributed by atoms with Crippen molar-refractivity contribution in [3.05, 3.63) is 89.3 Å². The number of hydrogen-bond donors (Lipinski definition) is 3. The Bertz CT molecular complexity index is 934. The molecule has 1 heterocycles. The summed E-state index contributed by atoms with van der Waals surface area (Å²) < 4.78 is 27.6. The van der Waals surface area contributed by atoms with Gasteiger partial charge < -0.3 is 16.0 Å². The molecule has 3 rings (SSSR count). The van der Waals surface area contributed by atoms with E-state index >= 15 is 0 Å². The first kappa shape index (κ1) is 19.6. The number of benzene rings is 2. The van der Waals surface area contributed by atoms with Crippen LogP contribution in [0.25, 0.3) is 0 Å². The number of aliphatic imine (C=N–C) groups is 1. The molecule has 0 fully saturated rings. The van der Waals surface area contributed by atoms with Gasteiger partial charge in [-0.25, -0.2) is 13.8 Å². The molecule has 4 nitrogen and oxygen atoms in total. The van der Waals surface area contributed by atoms with Crippen molar-refractivity contribution < 1.29 is 8.78 Å². The number of nitrogens with one attached hydrogen (secondary N) is 3. The van der Waals surface area contributed by atoms with Crippen LogP contribution < -0.4 is 16.0 Å². The van der Waals surface area contributed by atoms with Gasteiger partial charge in [-0.05, 0) is 43.7 Å². The summed E-state index contributed by atoms with van der Waals surface area (Å²) in [5, 5.41) is 9.70. The lowest BCUT2D eigenvalue weighted by Gasteiger charge is -2.26. The number of amidine groups is 1. The molecule has 0 aliphatic carbocycles. The summed E-state index contributed by atoms with van der Waals surface area (Å²) in [6.45, 7) is 9.00. The van der Waals surface area contributed by atoms with Crippen LogP contribution in [0.4, 0.5) is 14.5 Å². The number of fused-ring (bicyclic) bond motifs is 1. The Labute approximate surface area is 164 Å². The highest BCUT2D eigenvalue weighted by Gasteiger charge is 2.23. The molecule has 0 saturated heterocycles. The zero-order valence-corrected chi connectivity index (χ0v) is 16.0. The van der Waals surface area contributed by atoms with Gasteiger partial charge in [0.05, 0.1) is 0 Å². The van der Waals surface area contributed by atoms with E-state index in [4.69, 9.17) is 0 Å². The van der Waals surface area contributed by atoms with Gasteiger partial charge in [0.25, 0.3) is 0 Å². The highest BCUT2D eigenvalue weighted by Crippen LogP contribution is 2.30. The molecule has 0 amide bonds. The fourth-order valence-electron chi connectivity index (χ4n) is 2.99. The number of para-hydroxylation sites is 1. The quantitative estimate of drug-likeness (QED) is 0.627. The Kier molecular flexibility index (Phi) is 6.09. The zero-order chi connectivity index (χ0) is 20.1. The van der Waals surface area contributed by atoms with E-state index in [1.54, 1.807) is 0 Å². The van der Waals surface area contributed by atoms with Crippen LogP contribution in [-0.2, 0) is 0 Å². The molecule has 0 saturated carbocycles. The third kappa shape index (κ3) is 4.57. The molecule has 1 atom stereocenters. The largest absolute Gasteiger partial charge is 0.389 e. The van der Waals surface area contributed by atoms with Crippen molar-refractivity contribution >= 4 is 11.5 Å². The van der Waals surface area contributed by atoms with Gasteiger partial charge in [-0.1, -0.05) is 25.6 Å². The molecule has 146 valence electrons. The van der Waals surface area contributed by atoms with Crippen LogP contribution in [-0.4, -0.2) is 12.4 Å². The van der Waals surface area contributed by atoms with Crippen molar-refractivity contribution in [3.8, 4) is 0 Å². The summed E-state index contributed by atoms with van der Waals surface area (Å²) in [6, 6.07) is 11.1. The van der Waals surface area contributed by atoms with Gasteiger partial charge in [-0.15, -0.1) is 0 Å². The second kappa shape index (κ2) is 8.69. The number of rotatable bonds is 6. The molecule has 1 aliphatic rings. The smallest absolute Gasteiger partial charge is 0.149 e. The molecular formula is C22H24F2N4. The maximum atomic E-state index is 14.3. The van der Waals surface area contributed by atoms with E-state index in [-0.39, 0.29) is 5.56 Å². The van der Waals surface area contributed by atoms with Gasteiger partial charge in [-0.3, -0.25) is 0 Å². The van der Waals surface area contributed by atoms with Gasteiger partial charge >= 0.3 is 0 Å². The van der Waals surface area contributed by atoms with Crippen LogP contribution in [0.15, 0.2) is 71.5 Å². The minimum atomic E-state index is -0.672. The molecule has 2 aromatic rings. The van der Waals surface area contributed by atoms with Crippen molar-refractivity contribution in [1.82, 2.24) is 10.6 Å². The van der Waals surface area contributed by atoms with Crippen LogP contribution in [0, 0.1) is 11.6 Å². The molecule has 0 bridgehead atoms. The van der Waals surface area contributed by atoms with Crippen molar-refractivity contribution in [1.29, 1.82) is 0 Å². The highest BCUT2D eigenvalue weighted by atomic mass is 19.1. The summed E-state index contributed by atoms with van der Waals surface area (Å²) in [4.78, 5) is 4.61. The molecule has 1 aliphatic heterocycles. The van der Waals surface area contributed by atoms with Crippen molar-refractivity contribution in [2.75, 3.05) is 11.9 Å². The predicted molar refractivity (Wildman–Crippen MR) is 110 cm³/mol. The molecule has 0 spiro atoms. The van der Waals surface area contributed by atoms with E-state index in [2.05, 4.69) is 34.4 Å². The van der Waals surface area contributed by atoms with Crippen molar-refractivity contribution in [2.45, 2.75) is 26.4 Å². The molecule has 28 heavy (non-hydrogen) atoms. The monoisotopic (exact) mass is 382 g/mol. The average Bonchev–Trinajstić information content (AvgIpc) is 2.66. The predicted octanol–water partition coefficient (Wildman–Crippen LogP) is 4.84. The Morgan fingerprint density at radius 3 is 2.79 bits per heavy atom. The summed E-state index contributed by atoms with van der Waals surface area (Å²) in [7, 11) is 0. The Hall–Kier alpha value is -3.15. The standard InChI is InChI=1S/C22H24F2N4/c1-4-11-25-14(2)12-15(3)26-22-18-7-5-6-8-20(18)27-21(28-22)17-10-9-16(23)13-19(17)24/h5-10,12-13,21,25,27H,3-4,11H2,1-2H3,(H,26,28)/b14-12-. The van der Waals surface area contributed by atoms with E-state index in [1.807, 2.05) is 37.3 Å². The lowest BCUT2D eigenvalue weighted by molar-refractivity contribution is 0.563. The van der Waals surface area contributed by atoms with E-state index in [9.17, 15) is 8.78 Å². The molecule has 2 aromatic carbocycles. The minimum Gasteiger partial charge on any atom is -0.389 e. The maximum absolute atomic E-state index is 14.3. The number of hydrogen-bond acceptors (Lipinski definition) is 4. The third-order valence-corrected chi connectivity index (χ3v) is 4.31. The van der Waals surface area contributed by atoms with Crippen molar-refractivity contribution in [2.24, 2.45) is 4.99 Å². The Balaban J connectivity index is 1.89. The first-order valence-electron chi connectivity index (χ1n) is 9.24. The molecule has 0 aromatic heterocycles. The molecule has 1 unspecified atom stereocenters. The van der Waals surface area contributed by atoms with Gasteiger partial charge in [0, 0.05) is 40.8 Å². The maximum Gasteiger partial charge on any atom is 0.149 e. The normalized spacial score (nSPS) is 15.9. The SMILES string of the molecule is C=C(/C=C(/C)NCCC)NC1=NC(c2ccc(F)cc2F)Nc2ccccc21. The van der Waals surface area contributed by atoms with E-state index in [0.29, 0.717) is 11.5 Å². The number of nitrogens with zero attached hydrogens (tertiary/aromatic N) is 1. The van der Waals surface area contributed by atoms with Crippen molar-refractivity contribution in [3.63, 3.8) is 0 Å². The van der Waals surface area contributed by atoms with Gasteiger partial charge in [0.1, 0.15) is 23.6 Å². The third-order valence-electron chi connectivity index (χ3n) is 4.31. The number of allylic oxidation sites excluding steroid dienone is 2. The van der Waals surface area contributed by atoms with Gasteiger partial charge in [-0.2, -0.15) is 0 Å². The Morgan fingerprint density at radius 1 is 1.25 bits per heavy atom. The fourth-order valence-corrected chi connectivity index (χ4v) is 2.99. The van der Waals surface area contributed by atoms with Crippen LogP contribution in [0.3, 0.4) is 0 Å². The molecule has 0 radical (unpaired) electrons. The fraction of sp³-hybridized carbons (Fsp3) is 0.227. The number of anilines is 1. The van der Waals surface area contributed by atoms with Gasteiger partial charge in [0.15, 0.2) is 0 Å². The molecular weight excluding hydrogens is 358 g/mol. The number of halogens is 2. The van der Waals surface area contributed by atoms with Crippen LogP contribution in [0.1, 0.15) is 37.6 Å². The van der Waals surface area contributed by atoms with Crippen LogP contribution >= 0.6 is 0 Å². The first-order valence-corrected chi connectivity index (χ1v) is 9.24. The lowest BCUT2D eigenvalue weighted by Crippen LogP contribution is -2.30. The second-order valence-corrected chi connectivity index (χ2v) is 6.64. The lowest BCUT2D eigenvalue weighted by atomic mass is 10.1. The zero-order valence-electron chi connectivity index (χ0n) is 16.0. The first-order chi connectivity index (χ1) is 13.5. The topological polar surface area (TPSA) is 48.5 Å². The highest BCUT2D eigenvalue weighted by molar-refractivity contribution is 6.05. The summed E-state index contributed by atoms with van der Waals surface area (Å²) in [6.07, 6.45) is 2.26. The average molecular weight is 382 g/mol. The van der Waals surface area contributed by atoms with Crippen LogP contribution in [0.5, 0.6) is 0 Å². The van der Waals surface area contributed by atoms with Gasteiger partial charge in [0.2, 0.25) is 0 Å². The molecule has 6 heteroatoms. The second-order valence-electron chi connectivity index (χ2n) is 6.64. The Morgan fingerprint density at radius 2 is 2.04 bits per heavy atom. The minimum absolute atomic E-state index is 0.275.